The number of hydrogen-bond acceptors (Lipinski definition) is 9. The molecule has 1 amide bonds. The molecule has 0 saturated carbocycles. The van der Waals surface area contributed by atoms with Crippen molar-refractivity contribution in [3.63, 3.8) is 0 Å². The summed E-state index contributed by atoms with van der Waals surface area (Å²) in [5, 5.41) is 24.6. The molecule has 0 saturated heterocycles. The number of aliphatic carboxylic acids is 2. The summed E-state index contributed by atoms with van der Waals surface area (Å²) in [6, 6.07) is 7.20. The summed E-state index contributed by atoms with van der Waals surface area (Å²) in [6.07, 6.45) is 1.49. The number of nitrogen functional groups attached to an aromatic ring is 2. The normalized spacial score (nSPS) is 11.2. The number of amides is 1. The second-order valence-corrected chi connectivity index (χ2v) is 7.33. The molecule has 0 bridgehead atoms. The van der Waals surface area contributed by atoms with Crippen LogP contribution >= 0.6 is 0 Å². The van der Waals surface area contributed by atoms with Gasteiger partial charge in [-0.2, -0.15) is 9.97 Å². The summed E-state index contributed by atoms with van der Waals surface area (Å²) in [7, 11) is 0. The van der Waals surface area contributed by atoms with Crippen molar-refractivity contribution in [2.24, 2.45) is 0 Å². The summed E-state index contributed by atoms with van der Waals surface area (Å²) >= 11 is 0. The molecule has 11 nitrogen and oxygen atoms in total. The predicted octanol–water partition coefficient (Wildman–Crippen LogP) is -7.32. The number of carboxylic acid groups (broad SMARTS) is 2. The number of benzene rings is 1. The molecule has 1 atom stereocenters. The zero-order valence-corrected chi connectivity index (χ0v) is 23.1. The first kappa shape index (κ1) is 29.9. The Hall–Kier alpha value is -2.15. The van der Waals surface area contributed by atoms with Crippen LogP contribution in [-0.2, 0) is 22.4 Å². The number of nitrogens with two attached hydrogens (primary N) is 2. The minimum Gasteiger partial charge on any atom is -0.550 e. The number of aromatic amines is 1. The largest absolute Gasteiger partial charge is 1.00 e. The van der Waals surface area contributed by atoms with Crippen LogP contribution in [0.2, 0.25) is 0 Å². The Morgan fingerprint density at radius 3 is 2.32 bits per heavy atom. The second kappa shape index (κ2) is 13.7. The maximum atomic E-state index is 12.3. The van der Waals surface area contributed by atoms with Crippen molar-refractivity contribution >= 4 is 40.6 Å². The fourth-order valence-corrected chi connectivity index (χ4v) is 3.30. The number of carboxylic acids is 2. The van der Waals surface area contributed by atoms with Gasteiger partial charge in [0.15, 0.2) is 0 Å². The molecule has 1 aromatic carbocycles. The number of aromatic nitrogens is 3. The number of carbonyl (C=O) groups is 3. The molecule has 6 N–H and O–H groups in total. The van der Waals surface area contributed by atoms with E-state index in [0.29, 0.717) is 11.5 Å². The van der Waals surface area contributed by atoms with E-state index in [1.807, 2.05) is 6.07 Å². The van der Waals surface area contributed by atoms with E-state index in [2.05, 4.69) is 20.3 Å². The summed E-state index contributed by atoms with van der Waals surface area (Å²) in [5.74, 6) is -3.15. The number of fused-ring (bicyclic) bond motifs is 1. The van der Waals surface area contributed by atoms with Gasteiger partial charge in [-0.25, -0.2) is 0 Å². The number of nitrogens with zero attached hydrogens (tertiary/aromatic N) is 2. The molecule has 13 heteroatoms. The molecule has 0 aliphatic heterocycles. The number of aryl methyl sites for hydroxylation is 2. The van der Waals surface area contributed by atoms with E-state index >= 15 is 0 Å². The van der Waals surface area contributed by atoms with E-state index in [0.717, 1.165) is 35.9 Å². The molecule has 0 fully saturated rings. The Kier molecular flexibility index (Phi) is 12.0. The molecule has 0 aliphatic rings. The van der Waals surface area contributed by atoms with Crippen LogP contribution in [0.5, 0.6) is 0 Å². The zero-order valence-electron chi connectivity index (χ0n) is 19.1. The summed E-state index contributed by atoms with van der Waals surface area (Å²) < 4.78 is 0. The molecular weight excluding hydrogens is 462 g/mol. The summed E-state index contributed by atoms with van der Waals surface area (Å²) in [5.41, 5.74) is 14.3. The van der Waals surface area contributed by atoms with Crippen molar-refractivity contribution in [2.75, 3.05) is 11.5 Å². The first-order chi connectivity index (χ1) is 15.2. The number of hydrogen-bond donors (Lipinski definition) is 4. The fraction of sp³-hybridized carbons (Fsp3) is 0.286. The third-order valence-electron chi connectivity index (χ3n) is 4.94. The third-order valence-corrected chi connectivity index (χ3v) is 4.94. The molecule has 2 heterocycles. The van der Waals surface area contributed by atoms with Gasteiger partial charge in [-0.3, -0.25) is 4.79 Å². The van der Waals surface area contributed by atoms with Crippen molar-refractivity contribution in [3.05, 3.63) is 47.2 Å². The molecule has 34 heavy (non-hydrogen) atoms. The first-order valence-electron chi connectivity index (χ1n) is 9.94. The quantitative estimate of drug-likeness (QED) is 0.202. The van der Waals surface area contributed by atoms with Crippen molar-refractivity contribution in [1.82, 2.24) is 20.3 Å². The SMILES string of the molecule is Nc1nc(N)c2cc(CCCc3ccc(C(=O)N[C@@H](CCC(=O)[O-])C(=O)[O-])cc3)[nH]c2n1.[Na+].[Na+]. The fourth-order valence-electron chi connectivity index (χ4n) is 3.30. The number of nitrogens with one attached hydrogen (secondary N) is 2. The Bertz CT molecular complexity index is 1150. The molecule has 2 aromatic heterocycles. The Balaban J connectivity index is 0.00000289. The van der Waals surface area contributed by atoms with Crippen LogP contribution in [0.1, 0.15) is 40.9 Å². The van der Waals surface area contributed by atoms with Crippen molar-refractivity contribution in [2.45, 2.75) is 38.1 Å². The van der Waals surface area contributed by atoms with Gasteiger partial charge < -0.3 is 41.6 Å². The van der Waals surface area contributed by atoms with Crippen LogP contribution in [0, 0.1) is 0 Å². The van der Waals surface area contributed by atoms with Gasteiger partial charge in [0.1, 0.15) is 11.5 Å². The number of carbonyl (C=O) groups excluding carboxylic acids is 3. The van der Waals surface area contributed by atoms with E-state index < -0.39 is 30.3 Å². The molecule has 168 valence electrons. The van der Waals surface area contributed by atoms with Crippen LogP contribution in [0.15, 0.2) is 30.3 Å². The van der Waals surface area contributed by atoms with Crippen molar-refractivity contribution in [1.29, 1.82) is 0 Å². The molecule has 0 unspecified atom stereocenters. The zero-order chi connectivity index (χ0) is 23.3. The monoisotopic (exact) mass is 484 g/mol. The average Bonchev–Trinajstić information content (AvgIpc) is 3.14. The van der Waals surface area contributed by atoms with E-state index in [4.69, 9.17) is 11.5 Å². The smallest absolute Gasteiger partial charge is 0.550 e. The van der Waals surface area contributed by atoms with E-state index in [1.165, 1.54) is 0 Å². The van der Waals surface area contributed by atoms with Gasteiger partial charge in [-0.1, -0.05) is 12.1 Å². The Morgan fingerprint density at radius 2 is 1.71 bits per heavy atom. The molecule has 3 rings (SSSR count). The van der Waals surface area contributed by atoms with E-state index in [-0.39, 0.29) is 77.0 Å². The van der Waals surface area contributed by atoms with Crippen LogP contribution in [-0.4, -0.2) is 38.8 Å². The van der Waals surface area contributed by atoms with Gasteiger partial charge >= 0.3 is 59.1 Å². The number of rotatable bonds is 10. The average molecular weight is 484 g/mol. The van der Waals surface area contributed by atoms with E-state index in [1.54, 1.807) is 24.3 Å². The van der Waals surface area contributed by atoms with Crippen molar-refractivity contribution in [3.8, 4) is 0 Å². The molecule has 3 aromatic rings. The Morgan fingerprint density at radius 1 is 1.03 bits per heavy atom. The van der Waals surface area contributed by atoms with Gasteiger partial charge in [-0.05, 0) is 55.9 Å². The van der Waals surface area contributed by atoms with Crippen LogP contribution in [0.25, 0.3) is 11.0 Å². The van der Waals surface area contributed by atoms with Gasteiger partial charge in [0.25, 0.3) is 5.91 Å². The van der Waals surface area contributed by atoms with Crippen molar-refractivity contribution < 1.29 is 83.7 Å². The standard InChI is InChI=1S/C21H24N6O5.2Na/c22-17-14-10-13(24-18(14)27-21(23)26-17)3-1-2-11-4-6-12(7-5-11)19(30)25-15(20(31)32)8-9-16(28)29;;/h4-7,10,15H,1-3,8-9H2,(H,25,30)(H,28,29)(H,31,32)(H5,22,23,24,26,27);;/q;2*+1/p-2/t15-;;/m0../s1. The third kappa shape index (κ3) is 8.26. The maximum Gasteiger partial charge on any atom is 1.00 e. The minimum absolute atomic E-state index is 0. The molecule has 0 spiro atoms. The second-order valence-electron chi connectivity index (χ2n) is 7.33. The minimum atomic E-state index is -1.55. The topological polar surface area (TPSA) is 203 Å². The van der Waals surface area contributed by atoms with E-state index in [9.17, 15) is 24.6 Å². The van der Waals surface area contributed by atoms with Gasteiger partial charge in [0.05, 0.1) is 17.4 Å². The summed E-state index contributed by atoms with van der Waals surface area (Å²) in [6.45, 7) is 0. The molecular formula is C21H22N6Na2O5. The first-order valence-corrected chi connectivity index (χ1v) is 9.94. The number of anilines is 2. The molecule has 0 aliphatic carbocycles. The van der Waals surface area contributed by atoms with Crippen LogP contribution in [0.4, 0.5) is 11.8 Å². The van der Waals surface area contributed by atoms with Gasteiger partial charge in [0, 0.05) is 17.2 Å². The van der Waals surface area contributed by atoms with Crippen LogP contribution < -0.4 is 86.1 Å². The Labute approximate surface area is 239 Å². The molecule has 0 radical (unpaired) electrons. The van der Waals surface area contributed by atoms with Crippen LogP contribution in [0.3, 0.4) is 0 Å². The summed E-state index contributed by atoms with van der Waals surface area (Å²) in [4.78, 5) is 45.1. The maximum absolute atomic E-state index is 12.3. The van der Waals surface area contributed by atoms with Gasteiger partial charge in [0.2, 0.25) is 5.95 Å². The van der Waals surface area contributed by atoms with Gasteiger partial charge in [-0.15, -0.1) is 0 Å². The predicted molar refractivity (Wildman–Crippen MR) is 112 cm³/mol. The number of H-pyrrole nitrogens is 1.